The first kappa shape index (κ1) is 24.6. The molecule has 0 heterocycles. The van der Waals surface area contributed by atoms with Crippen LogP contribution in [0.5, 0.6) is 5.75 Å². The van der Waals surface area contributed by atoms with Crippen LogP contribution in [0.4, 0.5) is 5.69 Å². The summed E-state index contributed by atoms with van der Waals surface area (Å²) in [5.41, 5.74) is 0.658. The van der Waals surface area contributed by atoms with E-state index in [2.05, 4.69) is 15.4 Å². The molecule has 0 aromatic heterocycles. The predicted molar refractivity (Wildman–Crippen MR) is 127 cm³/mol. The quantitative estimate of drug-likeness (QED) is 0.543. The zero-order valence-corrected chi connectivity index (χ0v) is 19.6. The van der Waals surface area contributed by atoms with Gasteiger partial charge in [0, 0.05) is 17.3 Å². The Labute approximate surface area is 195 Å². The van der Waals surface area contributed by atoms with E-state index in [9.17, 15) is 18.0 Å². The van der Waals surface area contributed by atoms with Crippen molar-refractivity contribution in [3.05, 3.63) is 54.1 Å². The van der Waals surface area contributed by atoms with Gasteiger partial charge in [-0.1, -0.05) is 32.1 Å². The van der Waals surface area contributed by atoms with Crippen LogP contribution in [0.25, 0.3) is 0 Å². The molecule has 1 saturated carbocycles. The monoisotopic (exact) mass is 473 g/mol. The number of nitrogens with one attached hydrogen (secondary N) is 3. The molecule has 0 unspecified atom stereocenters. The Morgan fingerprint density at radius 3 is 2.12 bits per heavy atom. The minimum absolute atomic E-state index is 0.0960. The first-order valence-corrected chi connectivity index (χ1v) is 12.7. The van der Waals surface area contributed by atoms with Crippen LogP contribution in [0.3, 0.4) is 0 Å². The molecule has 8 nitrogen and oxygen atoms in total. The number of amides is 2. The van der Waals surface area contributed by atoms with E-state index in [0.717, 1.165) is 25.7 Å². The van der Waals surface area contributed by atoms with E-state index >= 15 is 0 Å². The first-order chi connectivity index (χ1) is 15.9. The summed E-state index contributed by atoms with van der Waals surface area (Å²) in [5.74, 6) is -0.0344. The molecule has 0 atom stereocenters. The van der Waals surface area contributed by atoms with Crippen LogP contribution in [0, 0.1) is 0 Å². The third-order valence-corrected chi connectivity index (χ3v) is 7.05. The molecule has 2 amide bonds. The SMILES string of the molecule is COc1ccc(S(=O)(=O)Nc2ccc(C(=O)NCC(=O)NC3CCCCCCC3)cc2)cc1. The molecule has 0 radical (unpaired) electrons. The van der Waals surface area contributed by atoms with Gasteiger partial charge in [-0.25, -0.2) is 8.42 Å². The number of ether oxygens (including phenoxy) is 1. The summed E-state index contributed by atoms with van der Waals surface area (Å²) in [5, 5.41) is 5.63. The van der Waals surface area contributed by atoms with E-state index < -0.39 is 15.9 Å². The minimum Gasteiger partial charge on any atom is -0.497 e. The highest BCUT2D eigenvalue weighted by molar-refractivity contribution is 7.92. The van der Waals surface area contributed by atoms with Crippen molar-refractivity contribution in [1.29, 1.82) is 0 Å². The Hall–Kier alpha value is -3.07. The van der Waals surface area contributed by atoms with Crippen LogP contribution >= 0.6 is 0 Å². The molecule has 0 aliphatic heterocycles. The smallest absolute Gasteiger partial charge is 0.261 e. The summed E-state index contributed by atoms with van der Waals surface area (Å²) in [7, 11) is -2.27. The second kappa shape index (κ2) is 11.7. The van der Waals surface area contributed by atoms with Gasteiger partial charge in [-0.3, -0.25) is 14.3 Å². The molecular formula is C24H31N3O5S. The molecule has 33 heavy (non-hydrogen) atoms. The number of hydrogen-bond acceptors (Lipinski definition) is 5. The zero-order chi connectivity index (χ0) is 23.7. The highest BCUT2D eigenvalue weighted by atomic mass is 32.2. The second-order valence-corrected chi connectivity index (χ2v) is 9.83. The average Bonchev–Trinajstić information content (AvgIpc) is 2.79. The molecule has 1 aliphatic rings. The number of hydrogen-bond donors (Lipinski definition) is 3. The average molecular weight is 474 g/mol. The molecule has 3 N–H and O–H groups in total. The fourth-order valence-corrected chi connectivity index (χ4v) is 4.86. The lowest BCUT2D eigenvalue weighted by Crippen LogP contribution is -2.42. The fraction of sp³-hybridized carbons (Fsp3) is 0.417. The minimum atomic E-state index is -3.77. The number of carbonyl (C=O) groups is 2. The molecule has 9 heteroatoms. The highest BCUT2D eigenvalue weighted by Gasteiger charge is 2.16. The van der Waals surface area contributed by atoms with Crippen molar-refractivity contribution in [2.75, 3.05) is 18.4 Å². The van der Waals surface area contributed by atoms with Crippen molar-refractivity contribution in [2.45, 2.75) is 55.9 Å². The lowest BCUT2D eigenvalue weighted by Gasteiger charge is -2.21. The third-order valence-electron chi connectivity index (χ3n) is 5.65. The topological polar surface area (TPSA) is 114 Å². The van der Waals surface area contributed by atoms with Gasteiger partial charge in [-0.05, 0) is 61.4 Å². The van der Waals surface area contributed by atoms with E-state index in [1.165, 1.54) is 62.8 Å². The molecular weight excluding hydrogens is 442 g/mol. The summed E-state index contributed by atoms with van der Waals surface area (Å²) >= 11 is 0. The second-order valence-electron chi connectivity index (χ2n) is 8.15. The van der Waals surface area contributed by atoms with Gasteiger partial charge in [0.1, 0.15) is 5.75 Å². The molecule has 178 valence electrons. The van der Waals surface area contributed by atoms with E-state index in [1.54, 1.807) is 12.1 Å². The van der Waals surface area contributed by atoms with Crippen molar-refractivity contribution in [2.24, 2.45) is 0 Å². The van der Waals surface area contributed by atoms with Gasteiger partial charge < -0.3 is 15.4 Å². The summed E-state index contributed by atoms with van der Waals surface area (Å²) in [4.78, 5) is 24.7. The molecule has 1 fully saturated rings. The van der Waals surface area contributed by atoms with Crippen LogP contribution in [0.1, 0.15) is 55.3 Å². The van der Waals surface area contributed by atoms with Crippen molar-refractivity contribution < 1.29 is 22.7 Å². The number of sulfonamides is 1. The van der Waals surface area contributed by atoms with Gasteiger partial charge in [0.05, 0.1) is 18.6 Å². The van der Waals surface area contributed by atoms with Crippen LogP contribution < -0.4 is 20.1 Å². The normalized spacial score (nSPS) is 15.1. The molecule has 0 spiro atoms. The largest absolute Gasteiger partial charge is 0.497 e. The Morgan fingerprint density at radius 2 is 1.52 bits per heavy atom. The molecule has 2 aromatic rings. The fourth-order valence-electron chi connectivity index (χ4n) is 3.80. The van der Waals surface area contributed by atoms with E-state index in [1.807, 2.05) is 0 Å². The van der Waals surface area contributed by atoms with Crippen molar-refractivity contribution in [3.8, 4) is 5.75 Å². The number of anilines is 1. The lowest BCUT2D eigenvalue weighted by molar-refractivity contribution is -0.120. The molecule has 0 bridgehead atoms. The van der Waals surface area contributed by atoms with Crippen molar-refractivity contribution in [1.82, 2.24) is 10.6 Å². The standard InChI is InChI=1S/C24H31N3O5S/c1-32-21-13-15-22(16-14-21)33(30,31)27-20-11-9-18(10-12-20)24(29)25-17-23(28)26-19-7-5-3-2-4-6-8-19/h9-16,19,27H,2-8,17H2,1H3,(H,25,29)(H,26,28). The predicted octanol–water partition coefficient (Wildman–Crippen LogP) is 3.45. The van der Waals surface area contributed by atoms with Gasteiger partial charge in [-0.2, -0.15) is 0 Å². The van der Waals surface area contributed by atoms with Gasteiger partial charge in [-0.15, -0.1) is 0 Å². The van der Waals surface area contributed by atoms with Gasteiger partial charge >= 0.3 is 0 Å². The number of methoxy groups -OCH3 is 1. The molecule has 2 aromatic carbocycles. The number of carbonyl (C=O) groups excluding carboxylic acids is 2. The Balaban J connectivity index is 1.50. The Kier molecular flexibility index (Phi) is 8.71. The van der Waals surface area contributed by atoms with Crippen LogP contribution in [-0.2, 0) is 14.8 Å². The van der Waals surface area contributed by atoms with Crippen molar-refractivity contribution in [3.63, 3.8) is 0 Å². The summed E-state index contributed by atoms with van der Waals surface area (Å²) < 4.78 is 32.6. The highest BCUT2D eigenvalue weighted by Crippen LogP contribution is 2.20. The summed E-state index contributed by atoms with van der Waals surface area (Å²) in [6.07, 6.45) is 7.86. The van der Waals surface area contributed by atoms with Gasteiger partial charge in [0.2, 0.25) is 5.91 Å². The maximum Gasteiger partial charge on any atom is 0.261 e. The maximum atomic E-state index is 12.5. The summed E-state index contributed by atoms with van der Waals surface area (Å²) in [6, 6.07) is 12.2. The molecule has 0 saturated heterocycles. The summed E-state index contributed by atoms with van der Waals surface area (Å²) in [6.45, 7) is -0.0960. The van der Waals surface area contributed by atoms with E-state index in [0.29, 0.717) is 17.0 Å². The Bertz CT molecular complexity index is 1030. The Morgan fingerprint density at radius 1 is 0.909 bits per heavy atom. The molecule has 1 aliphatic carbocycles. The van der Waals surface area contributed by atoms with E-state index in [-0.39, 0.29) is 23.4 Å². The van der Waals surface area contributed by atoms with Crippen molar-refractivity contribution >= 4 is 27.5 Å². The van der Waals surface area contributed by atoms with Crippen LogP contribution in [-0.4, -0.2) is 39.9 Å². The van der Waals surface area contributed by atoms with Crippen LogP contribution in [0.15, 0.2) is 53.4 Å². The lowest BCUT2D eigenvalue weighted by atomic mass is 9.97. The first-order valence-electron chi connectivity index (χ1n) is 11.2. The van der Waals surface area contributed by atoms with Gasteiger partial charge in [0.15, 0.2) is 0 Å². The molecule has 3 rings (SSSR count). The van der Waals surface area contributed by atoms with Crippen LogP contribution in [0.2, 0.25) is 0 Å². The maximum absolute atomic E-state index is 12.5. The third kappa shape index (κ3) is 7.49. The van der Waals surface area contributed by atoms with E-state index in [4.69, 9.17) is 4.74 Å². The van der Waals surface area contributed by atoms with Gasteiger partial charge in [0.25, 0.3) is 15.9 Å². The zero-order valence-electron chi connectivity index (χ0n) is 18.8. The number of benzene rings is 2. The number of rotatable bonds is 8.